The monoisotopic (exact) mass is 323 g/mol. The molecule has 1 N–H and O–H groups in total. The molecule has 7 heteroatoms. The maximum atomic E-state index is 13.6. The van der Waals surface area contributed by atoms with Gasteiger partial charge in [-0.15, -0.1) is 0 Å². The normalized spacial score (nSPS) is 11.0. The Bertz CT molecular complexity index is 818. The average molecular weight is 323 g/mol. The van der Waals surface area contributed by atoms with Crippen LogP contribution in [0.4, 0.5) is 10.1 Å². The van der Waals surface area contributed by atoms with Gasteiger partial charge in [0.15, 0.2) is 17.3 Å². The summed E-state index contributed by atoms with van der Waals surface area (Å²) < 4.78 is 45.2. The van der Waals surface area contributed by atoms with Gasteiger partial charge in [-0.2, -0.15) is 0 Å². The first-order valence-corrected chi connectivity index (χ1v) is 7.79. The zero-order chi connectivity index (χ0) is 16.3. The van der Waals surface area contributed by atoms with Crippen LogP contribution in [0.1, 0.15) is 17.3 Å². The summed E-state index contributed by atoms with van der Waals surface area (Å²) in [7, 11) is -2.60. The minimum Gasteiger partial charge on any atom is -0.494 e. The molecule has 0 aromatic heterocycles. The third-order valence-electron chi connectivity index (χ3n) is 2.95. The summed E-state index contributed by atoms with van der Waals surface area (Å²) in [4.78, 5) is 11.2. The van der Waals surface area contributed by atoms with E-state index in [1.54, 1.807) is 0 Å². The third-order valence-corrected chi connectivity index (χ3v) is 4.33. The highest BCUT2D eigenvalue weighted by molar-refractivity contribution is 7.92. The van der Waals surface area contributed by atoms with Crippen molar-refractivity contribution < 1.29 is 22.3 Å². The third kappa shape index (κ3) is 3.43. The molecule has 0 fully saturated rings. The van der Waals surface area contributed by atoms with E-state index in [9.17, 15) is 17.6 Å². The maximum absolute atomic E-state index is 13.6. The van der Waals surface area contributed by atoms with Crippen molar-refractivity contribution >= 4 is 21.5 Å². The van der Waals surface area contributed by atoms with Crippen LogP contribution in [-0.2, 0) is 10.0 Å². The second kappa shape index (κ2) is 6.15. The summed E-state index contributed by atoms with van der Waals surface area (Å²) in [6, 6.07) is 9.34. The van der Waals surface area contributed by atoms with E-state index < -0.39 is 15.8 Å². The van der Waals surface area contributed by atoms with Crippen LogP contribution in [-0.4, -0.2) is 21.3 Å². The quantitative estimate of drug-likeness (QED) is 0.859. The number of carbonyl (C=O) groups excluding carboxylic acids is 1. The number of halogens is 1. The van der Waals surface area contributed by atoms with E-state index in [0.717, 1.165) is 6.07 Å². The average Bonchev–Trinajstić information content (AvgIpc) is 2.47. The van der Waals surface area contributed by atoms with Crippen LogP contribution in [0.5, 0.6) is 5.75 Å². The molecule has 0 bridgehead atoms. The highest BCUT2D eigenvalue weighted by Crippen LogP contribution is 2.23. The Hall–Kier alpha value is -2.41. The predicted octanol–water partition coefficient (Wildman–Crippen LogP) is 2.84. The molecular formula is C15H14FNO4S. The minimum atomic E-state index is -3.92. The number of ketones is 1. The van der Waals surface area contributed by atoms with Crippen molar-refractivity contribution in [1.82, 2.24) is 0 Å². The van der Waals surface area contributed by atoms with Gasteiger partial charge in [-0.25, -0.2) is 12.8 Å². The highest BCUT2D eigenvalue weighted by Gasteiger charge is 2.16. The molecule has 0 spiro atoms. The van der Waals surface area contributed by atoms with Crippen LogP contribution < -0.4 is 9.46 Å². The van der Waals surface area contributed by atoms with E-state index in [1.807, 2.05) is 0 Å². The summed E-state index contributed by atoms with van der Waals surface area (Å²) in [6.45, 7) is 1.35. The Morgan fingerprint density at radius 2 is 1.91 bits per heavy atom. The van der Waals surface area contributed by atoms with Gasteiger partial charge < -0.3 is 4.74 Å². The number of rotatable bonds is 5. The molecule has 0 aliphatic heterocycles. The van der Waals surface area contributed by atoms with Crippen LogP contribution >= 0.6 is 0 Å². The van der Waals surface area contributed by atoms with Crippen molar-refractivity contribution in [1.29, 1.82) is 0 Å². The van der Waals surface area contributed by atoms with E-state index in [-0.39, 0.29) is 27.7 Å². The number of anilines is 1. The lowest BCUT2D eigenvalue weighted by atomic mass is 10.2. The first-order chi connectivity index (χ1) is 10.3. The van der Waals surface area contributed by atoms with Crippen LogP contribution in [0.3, 0.4) is 0 Å². The maximum Gasteiger partial charge on any atom is 0.261 e. The lowest BCUT2D eigenvalue weighted by Crippen LogP contribution is -2.13. The van der Waals surface area contributed by atoms with Crippen LogP contribution in [0.2, 0.25) is 0 Å². The van der Waals surface area contributed by atoms with Crippen LogP contribution in [0, 0.1) is 5.82 Å². The standard InChI is InChI=1S/C15H14FNO4S/c1-10(18)11-4-3-5-13(8-11)22(19,20)17-12-6-7-15(21-2)14(16)9-12/h3-9,17H,1-2H3. The van der Waals surface area contributed by atoms with E-state index in [4.69, 9.17) is 4.74 Å². The Morgan fingerprint density at radius 1 is 1.18 bits per heavy atom. The molecule has 2 aromatic carbocycles. The zero-order valence-corrected chi connectivity index (χ0v) is 12.8. The number of benzene rings is 2. The molecule has 0 saturated carbocycles. The first-order valence-electron chi connectivity index (χ1n) is 6.31. The van der Waals surface area contributed by atoms with Gasteiger partial charge in [-0.1, -0.05) is 12.1 Å². The SMILES string of the molecule is COc1ccc(NS(=O)(=O)c2cccc(C(C)=O)c2)cc1F. The van der Waals surface area contributed by atoms with E-state index in [1.165, 1.54) is 50.4 Å². The van der Waals surface area contributed by atoms with Crippen molar-refractivity contribution in [2.24, 2.45) is 0 Å². The first kappa shape index (κ1) is 16.0. The number of methoxy groups -OCH3 is 1. The highest BCUT2D eigenvalue weighted by atomic mass is 32.2. The topological polar surface area (TPSA) is 72.5 Å². The van der Waals surface area contributed by atoms with Crippen molar-refractivity contribution in [3.63, 3.8) is 0 Å². The van der Waals surface area contributed by atoms with Gasteiger partial charge in [0.1, 0.15) is 0 Å². The zero-order valence-electron chi connectivity index (χ0n) is 12.0. The fraction of sp³-hybridized carbons (Fsp3) is 0.133. The molecule has 0 heterocycles. The molecule has 22 heavy (non-hydrogen) atoms. The number of ether oxygens (including phenoxy) is 1. The Labute approximate surface area is 127 Å². The molecule has 5 nitrogen and oxygen atoms in total. The smallest absolute Gasteiger partial charge is 0.261 e. The van der Waals surface area contributed by atoms with Gasteiger partial charge in [0.2, 0.25) is 0 Å². The molecule has 2 rings (SSSR count). The summed E-state index contributed by atoms with van der Waals surface area (Å²) in [5.74, 6) is -0.908. The lowest BCUT2D eigenvalue weighted by Gasteiger charge is -2.10. The Balaban J connectivity index is 2.33. The van der Waals surface area contributed by atoms with Gasteiger partial charge in [0.25, 0.3) is 10.0 Å². The molecule has 0 aliphatic rings. The van der Waals surface area contributed by atoms with Crippen LogP contribution in [0.15, 0.2) is 47.4 Å². The largest absolute Gasteiger partial charge is 0.494 e. The second-order valence-electron chi connectivity index (χ2n) is 4.54. The van der Waals surface area contributed by atoms with E-state index >= 15 is 0 Å². The molecule has 2 aromatic rings. The van der Waals surface area contributed by atoms with Crippen LogP contribution in [0.25, 0.3) is 0 Å². The number of hydrogen-bond donors (Lipinski definition) is 1. The van der Waals surface area contributed by atoms with Gasteiger partial charge in [0, 0.05) is 11.6 Å². The molecule has 0 unspecified atom stereocenters. The van der Waals surface area contributed by atoms with Gasteiger partial charge in [0.05, 0.1) is 17.7 Å². The summed E-state index contributed by atoms with van der Waals surface area (Å²) in [6.07, 6.45) is 0. The molecule has 0 atom stereocenters. The second-order valence-corrected chi connectivity index (χ2v) is 6.22. The van der Waals surface area contributed by atoms with Crippen molar-refractivity contribution in [2.45, 2.75) is 11.8 Å². The number of carbonyl (C=O) groups is 1. The van der Waals surface area contributed by atoms with E-state index in [0.29, 0.717) is 0 Å². The lowest BCUT2D eigenvalue weighted by molar-refractivity contribution is 0.101. The molecular weight excluding hydrogens is 309 g/mol. The molecule has 0 radical (unpaired) electrons. The van der Waals surface area contributed by atoms with Gasteiger partial charge in [-0.05, 0) is 31.2 Å². The van der Waals surface area contributed by atoms with Crippen molar-refractivity contribution in [3.8, 4) is 5.75 Å². The summed E-state index contributed by atoms with van der Waals surface area (Å²) >= 11 is 0. The summed E-state index contributed by atoms with van der Waals surface area (Å²) in [5.41, 5.74) is 0.343. The molecule has 0 saturated heterocycles. The molecule has 0 aliphatic carbocycles. The number of nitrogens with one attached hydrogen (secondary N) is 1. The number of hydrogen-bond acceptors (Lipinski definition) is 4. The van der Waals surface area contributed by atoms with Gasteiger partial charge >= 0.3 is 0 Å². The summed E-state index contributed by atoms with van der Waals surface area (Å²) in [5, 5.41) is 0. The number of Topliss-reactive ketones (excluding diaryl/α,β-unsaturated/α-hetero) is 1. The Morgan fingerprint density at radius 3 is 2.50 bits per heavy atom. The Kier molecular flexibility index (Phi) is 4.46. The van der Waals surface area contributed by atoms with Gasteiger partial charge in [-0.3, -0.25) is 9.52 Å². The fourth-order valence-electron chi connectivity index (χ4n) is 1.83. The minimum absolute atomic E-state index is 0.0153. The fourth-order valence-corrected chi connectivity index (χ4v) is 2.92. The number of sulfonamides is 1. The van der Waals surface area contributed by atoms with Crippen molar-refractivity contribution in [2.75, 3.05) is 11.8 Å². The predicted molar refractivity (Wildman–Crippen MR) is 80.2 cm³/mol. The molecule has 0 amide bonds. The molecule has 116 valence electrons. The van der Waals surface area contributed by atoms with Crippen molar-refractivity contribution in [3.05, 3.63) is 53.8 Å². The van der Waals surface area contributed by atoms with E-state index in [2.05, 4.69) is 4.72 Å².